The highest BCUT2D eigenvalue weighted by Crippen LogP contribution is 2.27. The number of benzene rings is 2. The van der Waals surface area contributed by atoms with Crippen LogP contribution in [0, 0.1) is 0 Å². The van der Waals surface area contributed by atoms with Gasteiger partial charge in [-0.1, -0.05) is 36.5 Å². The summed E-state index contributed by atoms with van der Waals surface area (Å²) in [6.45, 7) is 5.37. The number of aryl methyl sites for hydroxylation is 1. The van der Waals surface area contributed by atoms with E-state index in [1.165, 1.54) is 10.3 Å². The minimum atomic E-state index is -3.42. The van der Waals surface area contributed by atoms with Gasteiger partial charge in [-0.05, 0) is 48.9 Å². The fraction of sp³-hybridized carbons (Fsp3) is 0.381. The number of anilines is 1. The summed E-state index contributed by atoms with van der Waals surface area (Å²) in [7, 11) is -1.40. The minimum Gasteiger partial charge on any atom is -0.357 e. The van der Waals surface area contributed by atoms with E-state index in [-0.39, 0.29) is 0 Å². The van der Waals surface area contributed by atoms with Crippen LogP contribution >= 0.6 is 11.3 Å². The fourth-order valence-electron chi connectivity index (χ4n) is 3.40. The molecule has 154 valence electrons. The third kappa shape index (κ3) is 4.45. The molecule has 1 aliphatic rings. The second-order valence-corrected chi connectivity index (χ2v) is 10.3. The predicted molar refractivity (Wildman–Crippen MR) is 119 cm³/mol. The van der Waals surface area contributed by atoms with Gasteiger partial charge in [0.05, 0.1) is 15.1 Å². The molecular formula is C21H26N4O2S2. The van der Waals surface area contributed by atoms with E-state index in [0.717, 1.165) is 35.7 Å². The molecule has 1 aromatic heterocycles. The molecule has 2 aromatic carbocycles. The van der Waals surface area contributed by atoms with Gasteiger partial charge in [-0.3, -0.25) is 0 Å². The number of fused-ring (bicyclic) bond motifs is 1. The normalized spacial score (nSPS) is 16.3. The largest absolute Gasteiger partial charge is 0.357 e. The predicted octanol–water partition coefficient (Wildman–Crippen LogP) is 3.41. The highest BCUT2D eigenvalue weighted by Gasteiger charge is 2.27. The lowest BCUT2D eigenvalue weighted by Gasteiger charge is -2.31. The maximum atomic E-state index is 12.8. The quantitative estimate of drug-likeness (QED) is 0.649. The van der Waals surface area contributed by atoms with Crippen LogP contribution in [0.5, 0.6) is 0 Å². The number of piperazine rings is 1. The Morgan fingerprint density at radius 2 is 1.72 bits per heavy atom. The second kappa shape index (κ2) is 8.39. The highest BCUT2D eigenvalue weighted by molar-refractivity contribution is 7.89. The van der Waals surface area contributed by atoms with Crippen LogP contribution in [0.2, 0.25) is 0 Å². The molecule has 0 spiro atoms. The molecule has 3 aromatic rings. The van der Waals surface area contributed by atoms with Crippen LogP contribution < -0.4 is 5.32 Å². The van der Waals surface area contributed by atoms with Gasteiger partial charge in [0.1, 0.15) is 0 Å². The van der Waals surface area contributed by atoms with Gasteiger partial charge < -0.3 is 10.2 Å². The molecule has 0 saturated carbocycles. The second-order valence-electron chi connectivity index (χ2n) is 7.38. The Kier molecular flexibility index (Phi) is 5.87. The Morgan fingerprint density at radius 1 is 1.03 bits per heavy atom. The van der Waals surface area contributed by atoms with Gasteiger partial charge in [0.25, 0.3) is 0 Å². The van der Waals surface area contributed by atoms with E-state index in [1.54, 1.807) is 27.8 Å². The summed E-state index contributed by atoms with van der Waals surface area (Å²) in [6.07, 6.45) is 1.01. The number of aromatic nitrogens is 1. The molecule has 4 rings (SSSR count). The molecule has 1 saturated heterocycles. The van der Waals surface area contributed by atoms with E-state index in [9.17, 15) is 8.42 Å². The third-order valence-corrected chi connectivity index (χ3v) is 8.22. The summed E-state index contributed by atoms with van der Waals surface area (Å²) >= 11 is 1.64. The van der Waals surface area contributed by atoms with E-state index in [4.69, 9.17) is 0 Å². The van der Waals surface area contributed by atoms with Crippen LogP contribution in [0.3, 0.4) is 0 Å². The number of hydrogen-bond acceptors (Lipinski definition) is 6. The van der Waals surface area contributed by atoms with Gasteiger partial charge in [0, 0.05) is 32.7 Å². The molecule has 6 nitrogen and oxygen atoms in total. The molecule has 0 atom stereocenters. The van der Waals surface area contributed by atoms with Gasteiger partial charge >= 0.3 is 0 Å². The number of nitrogens with one attached hydrogen (secondary N) is 1. The van der Waals surface area contributed by atoms with Gasteiger partial charge in [0.15, 0.2) is 5.13 Å². The van der Waals surface area contributed by atoms with Crippen LogP contribution in [0.25, 0.3) is 10.2 Å². The molecule has 0 amide bonds. The topological polar surface area (TPSA) is 65.5 Å². The van der Waals surface area contributed by atoms with Crippen molar-refractivity contribution in [1.82, 2.24) is 14.2 Å². The average Bonchev–Trinajstić information content (AvgIpc) is 3.15. The highest BCUT2D eigenvalue weighted by atomic mass is 32.2. The number of thiazole rings is 1. The number of rotatable bonds is 6. The van der Waals surface area contributed by atoms with Crippen molar-refractivity contribution in [3.05, 3.63) is 53.6 Å². The van der Waals surface area contributed by atoms with Crippen LogP contribution in [0.4, 0.5) is 5.13 Å². The SMILES string of the molecule is CCc1ccc2nc(NCc3ccc(S(=O)(=O)N4CCN(C)CC4)cc3)sc2c1. The van der Waals surface area contributed by atoms with Crippen molar-refractivity contribution in [1.29, 1.82) is 0 Å². The average molecular weight is 431 g/mol. The Balaban J connectivity index is 1.42. The molecule has 0 radical (unpaired) electrons. The van der Waals surface area contributed by atoms with Crippen molar-refractivity contribution in [3.63, 3.8) is 0 Å². The summed E-state index contributed by atoms with van der Waals surface area (Å²) < 4.78 is 28.4. The molecule has 0 aliphatic carbocycles. The first-order valence-electron chi connectivity index (χ1n) is 9.86. The van der Waals surface area contributed by atoms with E-state index >= 15 is 0 Å². The van der Waals surface area contributed by atoms with E-state index < -0.39 is 10.0 Å². The number of likely N-dealkylation sites (N-methyl/N-ethyl adjacent to an activating group) is 1. The number of nitrogens with zero attached hydrogens (tertiary/aromatic N) is 3. The van der Waals surface area contributed by atoms with Gasteiger partial charge in [0.2, 0.25) is 10.0 Å². The number of sulfonamides is 1. The lowest BCUT2D eigenvalue weighted by molar-refractivity contribution is 0.222. The first kappa shape index (κ1) is 20.3. The van der Waals surface area contributed by atoms with Gasteiger partial charge in [-0.2, -0.15) is 4.31 Å². The van der Waals surface area contributed by atoms with E-state index in [1.807, 2.05) is 19.2 Å². The zero-order valence-corrected chi connectivity index (χ0v) is 18.4. The molecule has 1 N–H and O–H groups in total. The standard InChI is InChI=1S/C21H26N4O2S2/c1-3-16-6-9-19-20(14-16)28-21(23-19)22-15-17-4-7-18(8-5-17)29(26,27)25-12-10-24(2)11-13-25/h4-9,14H,3,10-13,15H2,1-2H3,(H,22,23). The molecule has 1 fully saturated rings. The Labute approximate surface area is 176 Å². The molecular weight excluding hydrogens is 404 g/mol. The van der Waals surface area contributed by atoms with Crippen molar-refractivity contribution >= 4 is 36.7 Å². The lowest BCUT2D eigenvalue weighted by atomic mass is 10.2. The first-order chi connectivity index (χ1) is 14.0. The van der Waals surface area contributed by atoms with Crippen LogP contribution in [-0.2, 0) is 23.0 Å². The summed E-state index contributed by atoms with van der Waals surface area (Å²) in [5, 5.41) is 4.23. The Morgan fingerprint density at radius 3 is 2.41 bits per heavy atom. The molecule has 29 heavy (non-hydrogen) atoms. The molecule has 1 aliphatic heterocycles. The summed E-state index contributed by atoms with van der Waals surface area (Å²) in [6, 6.07) is 13.5. The van der Waals surface area contributed by atoms with Gasteiger partial charge in [-0.15, -0.1) is 0 Å². The lowest BCUT2D eigenvalue weighted by Crippen LogP contribution is -2.46. The Hall–Kier alpha value is -2.00. The minimum absolute atomic E-state index is 0.359. The zero-order chi connectivity index (χ0) is 20.4. The van der Waals surface area contributed by atoms with Crippen LogP contribution in [0.1, 0.15) is 18.1 Å². The van der Waals surface area contributed by atoms with E-state index in [0.29, 0.717) is 24.5 Å². The maximum Gasteiger partial charge on any atom is 0.243 e. The molecule has 0 unspecified atom stereocenters. The molecule has 8 heteroatoms. The van der Waals surface area contributed by atoms with Crippen LogP contribution in [-0.4, -0.2) is 55.8 Å². The monoisotopic (exact) mass is 430 g/mol. The smallest absolute Gasteiger partial charge is 0.243 e. The maximum absolute atomic E-state index is 12.8. The van der Waals surface area contributed by atoms with Crippen molar-refractivity contribution in [2.45, 2.75) is 24.8 Å². The number of hydrogen-bond donors (Lipinski definition) is 1. The summed E-state index contributed by atoms with van der Waals surface area (Å²) in [5.41, 5.74) is 3.34. The van der Waals surface area contributed by atoms with Crippen LogP contribution in [0.15, 0.2) is 47.4 Å². The van der Waals surface area contributed by atoms with E-state index in [2.05, 4.69) is 40.3 Å². The Bertz CT molecular complexity index is 1090. The zero-order valence-electron chi connectivity index (χ0n) is 16.8. The fourth-order valence-corrected chi connectivity index (χ4v) is 5.75. The first-order valence-corrected chi connectivity index (χ1v) is 12.1. The van der Waals surface area contributed by atoms with Crippen molar-refractivity contribution in [2.75, 3.05) is 38.5 Å². The summed E-state index contributed by atoms with van der Waals surface area (Å²) in [4.78, 5) is 7.13. The van der Waals surface area contributed by atoms with Crippen molar-refractivity contribution in [3.8, 4) is 0 Å². The van der Waals surface area contributed by atoms with Crippen molar-refractivity contribution < 1.29 is 8.42 Å². The van der Waals surface area contributed by atoms with Gasteiger partial charge in [-0.25, -0.2) is 13.4 Å². The van der Waals surface area contributed by atoms with Crippen molar-refractivity contribution in [2.24, 2.45) is 0 Å². The third-order valence-electron chi connectivity index (χ3n) is 5.33. The summed E-state index contributed by atoms with van der Waals surface area (Å²) in [5.74, 6) is 0. The molecule has 0 bridgehead atoms. The molecule has 2 heterocycles.